The van der Waals surface area contributed by atoms with E-state index in [0.29, 0.717) is 58.0 Å². The minimum Gasteiger partial charge on any atom is -0.379 e. The van der Waals surface area contributed by atoms with Crippen LogP contribution in [0.5, 0.6) is 0 Å². The number of sulfonamides is 1. The second-order valence-corrected chi connectivity index (χ2v) is 9.96. The Bertz CT molecular complexity index is 1280. The van der Waals surface area contributed by atoms with Crippen molar-refractivity contribution in [2.45, 2.75) is 4.90 Å². The lowest BCUT2D eigenvalue weighted by molar-refractivity contribution is 0.0729. The highest BCUT2D eigenvalue weighted by molar-refractivity contribution is 7.89. The van der Waals surface area contributed by atoms with Gasteiger partial charge < -0.3 is 14.5 Å². The van der Waals surface area contributed by atoms with Gasteiger partial charge in [-0.2, -0.15) is 9.40 Å². The lowest BCUT2D eigenvalue weighted by atomic mass is 10.2. The lowest BCUT2D eigenvalue weighted by Gasteiger charge is -2.35. The summed E-state index contributed by atoms with van der Waals surface area (Å²) in [6.45, 7) is 3.61. The fourth-order valence-corrected chi connectivity index (χ4v) is 5.69. The standard InChI is InChI=1S/C21H25N7O4S/c1-25-19-18(14-24-25)20(23-15-22-19)26-5-7-27(8-6-26)21(29)16-3-2-4-17(13-16)33(30,31)28-9-11-32-12-10-28/h2-4,13-15H,5-12H2,1H3. The van der Waals surface area contributed by atoms with Gasteiger partial charge in [0.1, 0.15) is 12.1 Å². The van der Waals surface area contributed by atoms with Crippen LogP contribution in [0.15, 0.2) is 41.7 Å². The van der Waals surface area contributed by atoms with E-state index >= 15 is 0 Å². The molecule has 0 atom stereocenters. The third-order valence-corrected chi connectivity index (χ3v) is 7.96. The third-order valence-electron chi connectivity index (χ3n) is 6.06. The van der Waals surface area contributed by atoms with Gasteiger partial charge in [-0.3, -0.25) is 9.48 Å². The molecule has 2 fully saturated rings. The number of carbonyl (C=O) groups is 1. The largest absolute Gasteiger partial charge is 0.379 e. The summed E-state index contributed by atoms with van der Waals surface area (Å²) in [5, 5.41) is 5.14. The zero-order chi connectivity index (χ0) is 23.0. The normalized spacial score (nSPS) is 18.1. The van der Waals surface area contributed by atoms with E-state index in [1.54, 1.807) is 27.9 Å². The van der Waals surface area contributed by atoms with Gasteiger partial charge in [0, 0.05) is 51.9 Å². The van der Waals surface area contributed by atoms with Crippen LogP contribution in [0, 0.1) is 0 Å². The van der Waals surface area contributed by atoms with Gasteiger partial charge in [0.15, 0.2) is 5.65 Å². The molecule has 2 aliphatic heterocycles. The molecule has 2 saturated heterocycles. The number of amides is 1. The number of ether oxygens (including phenoxy) is 1. The van der Waals surface area contributed by atoms with Crippen LogP contribution in [0.1, 0.15) is 10.4 Å². The van der Waals surface area contributed by atoms with Crippen LogP contribution in [0.4, 0.5) is 5.82 Å². The second kappa shape index (κ2) is 8.69. The number of aromatic nitrogens is 4. The summed E-state index contributed by atoms with van der Waals surface area (Å²) in [6.07, 6.45) is 3.28. The summed E-state index contributed by atoms with van der Waals surface area (Å²) in [4.78, 5) is 25.9. The van der Waals surface area contributed by atoms with Crippen molar-refractivity contribution in [3.63, 3.8) is 0 Å². The molecule has 12 heteroatoms. The molecule has 3 aromatic rings. The van der Waals surface area contributed by atoms with Crippen molar-refractivity contribution in [2.24, 2.45) is 7.05 Å². The topological polar surface area (TPSA) is 114 Å². The summed E-state index contributed by atoms with van der Waals surface area (Å²) >= 11 is 0. The van der Waals surface area contributed by atoms with Crippen molar-refractivity contribution in [1.82, 2.24) is 29.0 Å². The smallest absolute Gasteiger partial charge is 0.254 e. The Morgan fingerprint density at radius 3 is 2.55 bits per heavy atom. The quantitative estimate of drug-likeness (QED) is 0.536. The van der Waals surface area contributed by atoms with Crippen LogP contribution in [0.3, 0.4) is 0 Å². The van der Waals surface area contributed by atoms with Crippen LogP contribution in [0.25, 0.3) is 11.0 Å². The predicted octanol–water partition coefficient (Wildman–Crippen LogP) is 0.347. The number of hydrogen-bond donors (Lipinski definition) is 0. The van der Waals surface area contributed by atoms with Gasteiger partial charge in [0.05, 0.1) is 29.7 Å². The number of hydrogen-bond acceptors (Lipinski definition) is 8. The highest BCUT2D eigenvalue weighted by atomic mass is 32.2. The van der Waals surface area contributed by atoms with Gasteiger partial charge in [-0.05, 0) is 18.2 Å². The molecule has 0 N–H and O–H groups in total. The van der Waals surface area contributed by atoms with Gasteiger partial charge in [0.2, 0.25) is 10.0 Å². The molecule has 0 saturated carbocycles. The molecule has 0 spiro atoms. The number of anilines is 1. The molecule has 0 unspecified atom stereocenters. The first-order valence-corrected chi connectivity index (χ1v) is 12.2. The van der Waals surface area contributed by atoms with Gasteiger partial charge in [-0.25, -0.2) is 18.4 Å². The fraction of sp³-hybridized carbons (Fsp3) is 0.429. The maximum atomic E-state index is 13.2. The zero-order valence-corrected chi connectivity index (χ0v) is 19.1. The molecule has 11 nitrogen and oxygen atoms in total. The first kappa shape index (κ1) is 21.7. The van der Waals surface area contributed by atoms with Crippen molar-refractivity contribution >= 4 is 32.8 Å². The monoisotopic (exact) mass is 471 g/mol. The highest BCUT2D eigenvalue weighted by Gasteiger charge is 2.29. The Labute approximate surface area is 191 Å². The van der Waals surface area contributed by atoms with Gasteiger partial charge in [-0.15, -0.1) is 0 Å². The molecule has 0 bridgehead atoms. The molecule has 5 rings (SSSR count). The number of fused-ring (bicyclic) bond motifs is 1. The summed E-state index contributed by atoms with van der Waals surface area (Å²) in [5.41, 5.74) is 1.13. The van der Waals surface area contributed by atoms with E-state index in [9.17, 15) is 13.2 Å². The molecular formula is C21H25N7O4S. The van der Waals surface area contributed by atoms with E-state index in [1.807, 2.05) is 7.05 Å². The molecule has 174 valence electrons. The maximum Gasteiger partial charge on any atom is 0.254 e. The lowest BCUT2D eigenvalue weighted by Crippen LogP contribution is -2.49. The van der Waals surface area contributed by atoms with Gasteiger partial charge in [0.25, 0.3) is 5.91 Å². The van der Waals surface area contributed by atoms with Crippen LogP contribution < -0.4 is 4.90 Å². The van der Waals surface area contributed by atoms with Crippen LogP contribution >= 0.6 is 0 Å². The predicted molar refractivity (Wildman–Crippen MR) is 120 cm³/mol. The number of benzene rings is 1. The molecule has 0 radical (unpaired) electrons. The summed E-state index contributed by atoms with van der Waals surface area (Å²) in [7, 11) is -1.82. The van der Waals surface area contributed by atoms with Crippen molar-refractivity contribution in [1.29, 1.82) is 0 Å². The van der Waals surface area contributed by atoms with E-state index < -0.39 is 10.0 Å². The van der Waals surface area contributed by atoms with Crippen LogP contribution in [0.2, 0.25) is 0 Å². The number of nitrogens with zero attached hydrogens (tertiary/aromatic N) is 7. The van der Waals surface area contributed by atoms with Crippen LogP contribution in [-0.2, 0) is 21.8 Å². The molecule has 0 aliphatic carbocycles. The van der Waals surface area contributed by atoms with Crippen molar-refractivity contribution in [3.05, 3.63) is 42.4 Å². The first-order chi connectivity index (χ1) is 15.9. The highest BCUT2D eigenvalue weighted by Crippen LogP contribution is 2.24. The molecule has 2 aromatic heterocycles. The Balaban J connectivity index is 1.30. The summed E-state index contributed by atoms with van der Waals surface area (Å²) < 4.78 is 34.3. The van der Waals surface area contributed by atoms with Crippen molar-refractivity contribution in [3.8, 4) is 0 Å². The van der Waals surface area contributed by atoms with Crippen molar-refractivity contribution in [2.75, 3.05) is 57.4 Å². The second-order valence-electron chi connectivity index (χ2n) is 8.03. The minimum absolute atomic E-state index is 0.133. The zero-order valence-electron chi connectivity index (χ0n) is 18.3. The third kappa shape index (κ3) is 4.05. The molecular weight excluding hydrogens is 446 g/mol. The average molecular weight is 472 g/mol. The Morgan fingerprint density at radius 1 is 1.03 bits per heavy atom. The van der Waals surface area contributed by atoms with Crippen molar-refractivity contribution < 1.29 is 17.9 Å². The van der Waals surface area contributed by atoms with E-state index in [1.165, 1.54) is 22.8 Å². The summed E-state index contributed by atoms with van der Waals surface area (Å²) in [6, 6.07) is 6.30. The van der Waals surface area contributed by atoms with Gasteiger partial charge in [-0.1, -0.05) is 6.07 Å². The van der Waals surface area contributed by atoms with E-state index in [0.717, 1.165) is 16.9 Å². The van der Waals surface area contributed by atoms with E-state index in [-0.39, 0.29) is 10.8 Å². The Morgan fingerprint density at radius 2 is 1.79 bits per heavy atom. The van der Waals surface area contributed by atoms with Gasteiger partial charge >= 0.3 is 0 Å². The van der Waals surface area contributed by atoms with E-state index in [2.05, 4.69) is 20.0 Å². The number of aryl methyl sites for hydroxylation is 1. The summed E-state index contributed by atoms with van der Waals surface area (Å²) in [5.74, 6) is 0.627. The fourth-order valence-electron chi connectivity index (χ4n) is 4.23. The minimum atomic E-state index is -3.66. The Hall–Kier alpha value is -3.09. The maximum absolute atomic E-state index is 13.2. The Kier molecular flexibility index (Phi) is 5.72. The number of carbonyl (C=O) groups excluding carboxylic acids is 1. The van der Waals surface area contributed by atoms with Crippen LogP contribution in [-0.4, -0.2) is 95.8 Å². The molecule has 4 heterocycles. The SMILES string of the molecule is Cn1ncc2c(N3CCN(C(=O)c4cccc(S(=O)(=O)N5CCOCC5)c4)CC3)ncnc21. The number of piperazine rings is 1. The molecule has 2 aliphatic rings. The molecule has 33 heavy (non-hydrogen) atoms. The average Bonchev–Trinajstić information content (AvgIpc) is 3.25. The van der Waals surface area contributed by atoms with E-state index in [4.69, 9.17) is 4.74 Å². The number of rotatable bonds is 4. The number of morpholine rings is 1. The molecule has 1 aromatic carbocycles. The first-order valence-electron chi connectivity index (χ1n) is 10.8. The molecule has 1 amide bonds.